The molecule has 4 rings (SSSR count). The van der Waals surface area contributed by atoms with Crippen LogP contribution in [0.15, 0.2) is 95.4 Å². The fourth-order valence-electron chi connectivity index (χ4n) is 4.45. The van der Waals surface area contributed by atoms with Crippen LogP contribution >= 0.6 is 0 Å². The van der Waals surface area contributed by atoms with E-state index < -0.39 is 0 Å². The van der Waals surface area contributed by atoms with E-state index in [1.54, 1.807) is 20.3 Å². The van der Waals surface area contributed by atoms with E-state index in [0.29, 0.717) is 30.3 Å². The number of methoxy groups -OCH3 is 2. The Bertz CT molecular complexity index is 1290. The maximum Gasteiger partial charge on any atom is 0.287 e. The van der Waals surface area contributed by atoms with Gasteiger partial charge in [-0.15, -0.1) is 0 Å². The Morgan fingerprint density at radius 1 is 0.789 bits per heavy atom. The molecule has 1 aromatic heterocycles. The summed E-state index contributed by atoms with van der Waals surface area (Å²) in [5.74, 6) is 2.28. The molecular weight excluding hydrogens is 476 g/mol. The van der Waals surface area contributed by atoms with Crippen LogP contribution < -0.4 is 14.8 Å². The van der Waals surface area contributed by atoms with E-state index in [9.17, 15) is 4.79 Å². The molecule has 4 aromatic rings. The maximum atomic E-state index is 12.8. The van der Waals surface area contributed by atoms with Crippen LogP contribution in [-0.2, 0) is 26.1 Å². The highest BCUT2D eigenvalue weighted by Gasteiger charge is 2.17. The van der Waals surface area contributed by atoms with Gasteiger partial charge in [-0.1, -0.05) is 66.7 Å². The average molecular weight is 513 g/mol. The summed E-state index contributed by atoms with van der Waals surface area (Å²) < 4.78 is 16.9. The van der Waals surface area contributed by atoms with Gasteiger partial charge in [0.05, 0.1) is 20.8 Å². The Labute approximate surface area is 225 Å². The lowest BCUT2D eigenvalue weighted by Crippen LogP contribution is -2.32. The molecule has 0 saturated carbocycles. The second kappa shape index (κ2) is 13.5. The third kappa shape index (κ3) is 7.73. The highest BCUT2D eigenvalue weighted by atomic mass is 16.5. The number of aryl methyl sites for hydroxylation is 1. The standard InChI is InChI=1S/C32H36N2O4/c1-24(14-15-25-10-6-4-7-11-25)33-32(35)30-19-17-28(38-30)23-34(21-26-12-8-5-9-13-26)22-27-16-18-29(36-2)31(20-27)37-3/h4-13,16-20,24H,14-15,21-23H2,1-3H3,(H,33,35). The number of carbonyl (C=O) groups excluding carboxylic acids is 1. The first-order valence-corrected chi connectivity index (χ1v) is 12.9. The lowest BCUT2D eigenvalue weighted by molar-refractivity contribution is 0.0906. The second-order valence-electron chi connectivity index (χ2n) is 9.48. The molecule has 0 aliphatic carbocycles. The van der Waals surface area contributed by atoms with Gasteiger partial charge in [0.15, 0.2) is 17.3 Å². The number of rotatable bonds is 13. The third-order valence-corrected chi connectivity index (χ3v) is 6.45. The molecule has 0 aliphatic heterocycles. The summed E-state index contributed by atoms with van der Waals surface area (Å²) in [4.78, 5) is 15.1. The van der Waals surface area contributed by atoms with Crippen molar-refractivity contribution in [3.8, 4) is 11.5 Å². The zero-order chi connectivity index (χ0) is 26.7. The van der Waals surface area contributed by atoms with Crippen molar-refractivity contribution in [1.29, 1.82) is 0 Å². The van der Waals surface area contributed by atoms with Gasteiger partial charge in [-0.3, -0.25) is 9.69 Å². The zero-order valence-corrected chi connectivity index (χ0v) is 22.4. The molecule has 0 aliphatic rings. The Kier molecular flexibility index (Phi) is 9.59. The predicted molar refractivity (Wildman–Crippen MR) is 149 cm³/mol. The molecule has 6 heteroatoms. The number of nitrogens with one attached hydrogen (secondary N) is 1. The largest absolute Gasteiger partial charge is 0.493 e. The van der Waals surface area contributed by atoms with Crippen molar-refractivity contribution >= 4 is 5.91 Å². The summed E-state index contributed by atoms with van der Waals surface area (Å²) in [5, 5.41) is 3.06. The van der Waals surface area contributed by atoms with Crippen molar-refractivity contribution in [3.05, 3.63) is 119 Å². The van der Waals surface area contributed by atoms with Gasteiger partial charge >= 0.3 is 0 Å². The SMILES string of the molecule is COc1ccc(CN(Cc2ccccc2)Cc2ccc(C(=O)NC(C)CCc3ccccc3)o2)cc1OC. The van der Waals surface area contributed by atoms with Crippen molar-refractivity contribution in [2.45, 2.75) is 45.4 Å². The summed E-state index contributed by atoms with van der Waals surface area (Å²) in [7, 11) is 3.27. The number of benzene rings is 3. The molecule has 6 nitrogen and oxygen atoms in total. The van der Waals surface area contributed by atoms with Gasteiger partial charge in [0.25, 0.3) is 5.91 Å². The summed E-state index contributed by atoms with van der Waals surface area (Å²) in [6, 6.07) is 30.2. The Hall–Kier alpha value is -4.03. The summed E-state index contributed by atoms with van der Waals surface area (Å²) in [6.07, 6.45) is 1.77. The predicted octanol–water partition coefficient (Wildman–Crippen LogP) is 6.25. The molecule has 38 heavy (non-hydrogen) atoms. The summed E-state index contributed by atoms with van der Waals surface area (Å²) >= 11 is 0. The molecule has 1 amide bonds. The van der Waals surface area contributed by atoms with Gasteiger partial charge in [0.1, 0.15) is 5.76 Å². The Morgan fingerprint density at radius 3 is 2.13 bits per heavy atom. The molecular formula is C32H36N2O4. The van der Waals surface area contributed by atoms with Crippen molar-refractivity contribution in [1.82, 2.24) is 10.2 Å². The second-order valence-corrected chi connectivity index (χ2v) is 9.48. The first-order valence-electron chi connectivity index (χ1n) is 12.9. The Morgan fingerprint density at radius 2 is 1.45 bits per heavy atom. The molecule has 3 aromatic carbocycles. The molecule has 1 N–H and O–H groups in total. The van der Waals surface area contributed by atoms with Crippen LogP contribution in [0, 0.1) is 0 Å². The number of nitrogens with zero attached hydrogens (tertiary/aromatic N) is 1. The molecule has 0 radical (unpaired) electrons. The first kappa shape index (κ1) is 27.0. The lowest BCUT2D eigenvalue weighted by atomic mass is 10.1. The molecule has 1 unspecified atom stereocenters. The maximum absolute atomic E-state index is 12.8. The van der Waals surface area contributed by atoms with Crippen LogP contribution in [0.25, 0.3) is 0 Å². The number of furan rings is 1. The van der Waals surface area contributed by atoms with Crippen LogP contribution in [-0.4, -0.2) is 31.1 Å². The van der Waals surface area contributed by atoms with Crippen molar-refractivity contribution in [3.63, 3.8) is 0 Å². The van der Waals surface area contributed by atoms with E-state index in [4.69, 9.17) is 13.9 Å². The minimum Gasteiger partial charge on any atom is -0.493 e. The van der Waals surface area contributed by atoms with Crippen LogP contribution in [0.1, 0.15) is 46.3 Å². The first-order chi connectivity index (χ1) is 18.5. The molecule has 1 heterocycles. The molecule has 1 atom stereocenters. The van der Waals surface area contributed by atoms with Crippen LogP contribution in [0.3, 0.4) is 0 Å². The van der Waals surface area contributed by atoms with E-state index in [1.807, 2.05) is 67.6 Å². The smallest absolute Gasteiger partial charge is 0.287 e. The highest BCUT2D eigenvalue weighted by Crippen LogP contribution is 2.28. The van der Waals surface area contributed by atoms with Gasteiger partial charge in [0.2, 0.25) is 0 Å². The highest BCUT2D eigenvalue weighted by molar-refractivity contribution is 5.91. The fourth-order valence-corrected chi connectivity index (χ4v) is 4.45. The van der Waals surface area contributed by atoms with Gasteiger partial charge in [-0.25, -0.2) is 0 Å². The quantitative estimate of drug-likeness (QED) is 0.229. The van der Waals surface area contributed by atoms with Crippen molar-refractivity contribution < 1.29 is 18.7 Å². The monoisotopic (exact) mass is 512 g/mol. The Balaban J connectivity index is 1.40. The van der Waals surface area contributed by atoms with Gasteiger partial charge in [-0.05, 0) is 60.7 Å². The molecule has 0 spiro atoms. The number of hydrogen-bond acceptors (Lipinski definition) is 5. The van der Waals surface area contributed by atoms with Crippen LogP contribution in [0.2, 0.25) is 0 Å². The van der Waals surface area contributed by atoms with Gasteiger partial charge in [-0.2, -0.15) is 0 Å². The van der Waals surface area contributed by atoms with Crippen LogP contribution in [0.5, 0.6) is 11.5 Å². The zero-order valence-electron chi connectivity index (χ0n) is 22.4. The molecule has 0 bridgehead atoms. The third-order valence-electron chi connectivity index (χ3n) is 6.45. The number of ether oxygens (including phenoxy) is 2. The van der Waals surface area contributed by atoms with E-state index in [-0.39, 0.29) is 11.9 Å². The topological polar surface area (TPSA) is 63.9 Å². The normalized spacial score (nSPS) is 11.8. The molecule has 0 saturated heterocycles. The van der Waals surface area contributed by atoms with E-state index in [2.05, 4.69) is 34.5 Å². The van der Waals surface area contributed by atoms with E-state index >= 15 is 0 Å². The van der Waals surface area contributed by atoms with Gasteiger partial charge < -0.3 is 19.2 Å². The van der Waals surface area contributed by atoms with E-state index in [1.165, 1.54) is 11.1 Å². The fraction of sp³-hybridized carbons (Fsp3) is 0.281. The number of carbonyl (C=O) groups is 1. The minimum absolute atomic E-state index is 0.0379. The summed E-state index contributed by atoms with van der Waals surface area (Å²) in [6.45, 7) is 3.98. The van der Waals surface area contributed by atoms with E-state index in [0.717, 1.165) is 30.7 Å². The molecule has 198 valence electrons. The van der Waals surface area contributed by atoms with Crippen molar-refractivity contribution in [2.24, 2.45) is 0 Å². The van der Waals surface area contributed by atoms with Crippen LogP contribution in [0.4, 0.5) is 0 Å². The summed E-state index contributed by atoms with van der Waals surface area (Å²) in [5.41, 5.74) is 3.56. The lowest BCUT2D eigenvalue weighted by Gasteiger charge is -2.22. The number of hydrogen-bond donors (Lipinski definition) is 1. The minimum atomic E-state index is -0.189. The molecule has 0 fully saturated rings. The average Bonchev–Trinajstić information content (AvgIpc) is 3.41. The van der Waals surface area contributed by atoms with Crippen molar-refractivity contribution in [2.75, 3.05) is 14.2 Å². The van der Waals surface area contributed by atoms with Gasteiger partial charge in [0, 0.05) is 19.1 Å². The number of amides is 1.